The van der Waals surface area contributed by atoms with Crippen LogP contribution in [-0.2, 0) is 6.61 Å². The summed E-state index contributed by atoms with van der Waals surface area (Å²) in [6.45, 7) is 3.58. The van der Waals surface area contributed by atoms with E-state index in [1.165, 1.54) is 12.8 Å². The summed E-state index contributed by atoms with van der Waals surface area (Å²) in [7, 11) is 2.12. The van der Waals surface area contributed by atoms with Crippen molar-refractivity contribution in [3.05, 3.63) is 23.7 Å². The summed E-state index contributed by atoms with van der Waals surface area (Å²) in [6.07, 6.45) is 4.68. The molecule has 112 valence electrons. The molecule has 20 heavy (non-hydrogen) atoms. The Morgan fingerprint density at radius 2 is 2.15 bits per heavy atom. The van der Waals surface area contributed by atoms with Gasteiger partial charge in [-0.05, 0) is 38.6 Å². The van der Waals surface area contributed by atoms with Crippen LogP contribution in [-0.4, -0.2) is 41.6 Å². The third-order valence-electron chi connectivity index (χ3n) is 4.44. The second-order valence-electron chi connectivity index (χ2n) is 5.55. The summed E-state index contributed by atoms with van der Waals surface area (Å²) in [5.41, 5.74) is 0.0802. The zero-order chi connectivity index (χ0) is 14.6. The van der Waals surface area contributed by atoms with E-state index in [-0.39, 0.29) is 23.8 Å². The number of nitrogens with zero attached hydrogens (tertiary/aromatic N) is 1. The molecule has 1 fully saturated rings. The first kappa shape index (κ1) is 15.1. The lowest BCUT2D eigenvalue weighted by molar-refractivity contribution is 0.0845. The SMILES string of the molecule is CCN(C)C1(CNC(=O)c2ccc(CO)o2)CCCC1. The molecule has 5 heteroatoms. The fourth-order valence-corrected chi connectivity index (χ4v) is 2.98. The Morgan fingerprint density at radius 1 is 1.45 bits per heavy atom. The Kier molecular flexibility index (Phi) is 4.83. The van der Waals surface area contributed by atoms with Crippen LogP contribution in [0.25, 0.3) is 0 Å². The highest BCUT2D eigenvalue weighted by Gasteiger charge is 2.37. The predicted octanol–water partition coefficient (Wildman–Crippen LogP) is 1.77. The standard InChI is InChI=1S/C15H24N2O3/c1-3-17(2)15(8-4-5-9-15)11-16-14(19)13-7-6-12(10-18)20-13/h6-7,18H,3-5,8-11H2,1-2H3,(H,16,19). The number of nitrogens with one attached hydrogen (secondary N) is 1. The molecule has 0 radical (unpaired) electrons. The molecule has 1 heterocycles. The highest BCUT2D eigenvalue weighted by Crippen LogP contribution is 2.33. The summed E-state index contributed by atoms with van der Waals surface area (Å²) in [5, 5.41) is 11.9. The maximum Gasteiger partial charge on any atom is 0.287 e. The number of aliphatic hydroxyl groups is 1. The average Bonchev–Trinajstić information content (AvgIpc) is 3.13. The fraction of sp³-hybridized carbons (Fsp3) is 0.667. The van der Waals surface area contributed by atoms with E-state index in [2.05, 4.69) is 24.2 Å². The minimum Gasteiger partial charge on any atom is -0.453 e. The second kappa shape index (κ2) is 6.41. The van der Waals surface area contributed by atoms with Gasteiger partial charge in [-0.2, -0.15) is 0 Å². The monoisotopic (exact) mass is 280 g/mol. The first-order valence-corrected chi connectivity index (χ1v) is 7.30. The number of carbonyl (C=O) groups is 1. The van der Waals surface area contributed by atoms with Gasteiger partial charge in [0.1, 0.15) is 12.4 Å². The Labute approximate surface area is 119 Å². The Bertz CT molecular complexity index is 450. The molecule has 0 aromatic carbocycles. The van der Waals surface area contributed by atoms with Crippen molar-refractivity contribution in [1.82, 2.24) is 10.2 Å². The number of hydrogen-bond donors (Lipinski definition) is 2. The van der Waals surface area contributed by atoms with Crippen LogP contribution < -0.4 is 5.32 Å². The first-order valence-electron chi connectivity index (χ1n) is 7.30. The number of carbonyl (C=O) groups excluding carboxylic acids is 1. The van der Waals surface area contributed by atoms with Crippen LogP contribution in [0.2, 0.25) is 0 Å². The molecule has 0 unspecified atom stereocenters. The molecule has 1 saturated carbocycles. The van der Waals surface area contributed by atoms with Gasteiger partial charge in [-0.1, -0.05) is 19.8 Å². The van der Waals surface area contributed by atoms with E-state index >= 15 is 0 Å². The summed E-state index contributed by atoms with van der Waals surface area (Å²) >= 11 is 0. The minimum absolute atomic E-state index is 0.0802. The van der Waals surface area contributed by atoms with Crippen molar-refractivity contribution < 1.29 is 14.3 Å². The van der Waals surface area contributed by atoms with Crippen LogP contribution in [0.15, 0.2) is 16.5 Å². The van der Waals surface area contributed by atoms with E-state index < -0.39 is 0 Å². The van der Waals surface area contributed by atoms with Crippen molar-refractivity contribution in [3.63, 3.8) is 0 Å². The van der Waals surface area contributed by atoms with Crippen LogP contribution in [0, 0.1) is 0 Å². The van der Waals surface area contributed by atoms with Crippen molar-refractivity contribution in [2.75, 3.05) is 20.1 Å². The molecule has 0 bridgehead atoms. The van der Waals surface area contributed by atoms with Gasteiger partial charge in [0.25, 0.3) is 5.91 Å². The van der Waals surface area contributed by atoms with Crippen molar-refractivity contribution in [1.29, 1.82) is 0 Å². The van der Waals surface area contributed by atoms with Gasteiger partial charge in [0.2, 0.25) is 0 Å². The van der Waals surface area contributed by atoms with E-state index in [9.17, 15) is 4.79 Å². The average molecular weight is 280 g/mol. The van der Waals surface area contributed by atoms with Crippen LogP contribution >= 0.6 is 0 Å². The maximum atomic E-state index is 12.1. The molecule has 1 aromatic rings. The van der Waals surface area contributed by atoms with Crippen LogP contribution in [0.5, 0.6) is 0 Å². The molecule has 1 amide bonds. The number of aliphatic hydroxyl groups excluding tert-OH is 1. The maximum absolute atomic E-state index is 12.1. The Morgan fingerprint density at radius 3 is 2.70 bits per heavy atom. The molecule has 0 atom stereocenters. The van der Waals surface area contributed by atoms with Gasteiger partial charge in [-0.3, -0.25) is 9.69 Å². The summed E-state index contributed by atoms with van der Waals surface area (Å²) in [6, 6.07) is 3.23. The highest BCUT2D eigenvalue weighted by molar-refractivity contribution is 5.91. The minimum atomic E-state index is -0.208. The quantitative estimate of drug-likeness (QED) is 0.833. The second-order valence-corrected chi connectivity index (χ2v) is 5.55. The van der Waals surface area contributed by atoms with Gasteiger partial charge < -0.3 is 14.8 Å². The zero-order valence-corrected chi connectivity index (χ0v) is 12.3. The molecule has 2 rings (SSSR count). The van der Waals surface area contributed by atoms with Crippen LogP contribution in [0.3, 0.4) is 0 Å². The lowest BCUT2D eigenvalue weighted by Crippen LogP contribution is -2.52. The summed E-state index contributed by atoms with van der Waals surface area (Å²) in [4.78, 5) is 14.4. The topological polar surface area (TPSA) is 65.7 Å². The van der Waals surface area contributed by atoms with E-state index in [1.54, 1.807) is 12.1 Å². The van der Waals surface area contributed by atoms with Crippen molar-refractivity contribution in [3.8, 4) is 0 Å². The summed E-state index contributed by atoms with van der Waals surface area (Å²) < 4.78 is 5.25. The molecule has 0 aliphatic heterocycles. The molecule has 0 spiro atoms. The molecule has 1 aliphatic carbocycles. The van der Waals surface area contributed by atoms with E-state index in [0.29, 0.717) is 12.3 Å². The van der Waals surface area contributed by atoms with Gasteiger partial charge in [0.05, 0.1) is 0 Å². The van der Waals surface area contributed by atoms with Crippen LogP contribution in [0.4, 0.5) is 0 Å². The smallest absolute Gasteiger partial charge is 0.287 e. The van der Waals surface area contributed by atoms with Gasteiger partial charge in [0.15, 0.2) is 5.76 Å². The van der Waals surface area contributed by atoms with Crippen molar-refractivity contribution in [2.24, 2.45) is 0 Å². The molecule has 0 saturated heterocycles. The van der Waals surface area contributed by atoms with Gasteiger partial charge >= 0.3 is 0 Å². The normalized spacial score (nSPS) is 17.6. The number of rotatable bonds is 6. The number of hydrogen-bond acceptors (Lipinski definition) is 4. The van der Waals surface area contributed by atoms with Gasteiger partial charge in [0, 0.05) is 12.1 Å². The van der Waals surface area contributed by atoms with Gasteiger partial charge in [-0.25, -0.2) is 0 Å². The molecule has 1 aromatic heterocycles. The third kappa shape index (κ3) is 3.04. The number of furan rings is 1. The van der Waals surface area contributed by atoms with Crippen molar-refractivity contribution >= 4 is 5.91 Å². The summed E-state index contributed by atoms with van der Waals surface area (Å²) in [5.74, 6) is 0.471. The fourth-order valence-electron chi connectivity index (χ4n) is 2.98. The molecular formula is C15H24N2O3. The Balaban J connectivity index is 1.97. The lowest BCUT2D eigenvalue weighted by Gasteiger charge is -2.38. The molecule has 5 nitrogen and oxygen atoms in total. The predicted molar refractivity (Wildman–Crippen MR) is 76.5 cm³/mol. The number of likely N-dealkylation sites (N-methyl/N-ethyl adjacent to an activating group) is 1. The van der Waals surface area contributed by atoms with E-state index in [0.717, 1.165) is 19.4 Å². The molecular weight excluding hydrogens is 256 g/mol. The third-order valence-corrected chi connectivity index (χ3v) is 4.44. The van der Waals surface area contributed by atoms with Gasteiger partial charge in [-0.15, -0.1) is 0 Å². The number of amides is 1. The van der Waals surface area contributed by atoms with Crippen LogP contribution in [0.1, 0.15) is 48.9 Å². The molecule has 1 aliphatic rings. The molecule has 2 N–H and O–H groups in total. The first-order chi connectivity index (χ1) is 9.61. The highest BCUT2D eigenvalue weighted by atomic mass is 16.4. The van der Waals surface area contributed by atoms with Crippen molar-refractivity contribution in [2.45, 2.75) is 44.8 Å². The Hall–Kier alpha value is -1.33. The largest absolute Gasteiger partial charge is 0.453 e. The van der Waals surface area contributed by atoms with E-state index in [4.69, 9.17) is 9.52 Å². The zero-order valence-electron chi connectivity index (χ0n) is 12.3. The van der Waals surface area contributed by atoms with E-state index in [1.807, 2.05) is 0 Å². The lowest BCUT2D eigenvalue weighted by atomic mass is 9.95.